The lowest BCUT2D eigenvalue weighted by Crippen LogP contribution is -2.38. The van der Waals surface area contributed by atoms with Crippen molar-refractivity contribution in [2.75, 3.05) is 0 Å². The zero-order chi connectivity index (χ0) is 30.1. The van der Waals surface area contributed by atoms with Gasteiger partial charge in [0.15, 0.2) is 0 Å². The molecule has 4 bridgehead atoms. The molecule has 3 aliphatic rings. The Balaban J connectivity index is 1.73. The molecule has 3 rings (SSSR count). The van der Waals surface area contributed by atoms with Crippen LogP contribution in [0.2, 0.25) is 0 Å². The average Bonchev–Trinajstić information content (AvgIpc) is 3.48. The second-order valence-electron chi connectivity index (χ2n) is 13.0. The Bertz CT molecular complexity index is 898. The highest BCUT2D eigenvalue weighted by molar-refractivity contribution is 5.69. The maximum absolute atomic E-state index is 12.9. The van der Waals surface area contributed by atoms with Gasteiger partial charge in [-0.1, -0.05) is 58.1 Å². The van der Waals surface area contributed by atoms with Crippen LogP contribution in [0.15, 0.2) is 36.0 Å². The molecule has 41 heavy (non-hydrogen) atoms. The van der Waals surface area contributed by atoms with Crippen LogP contribution in [0.1, 0.15) is 105 Å². The van der Waals surface area contributed by atoms with Gasteiger partial charge in [0.2, 0.25) is 0 Å². The fourth-order valence-corrected chi connectivity index (χ4v) is 6.45. The molecule has 0 aromatic carbocycles. The van der Waals surface area contributed by atoms with E-state index in [1.807, 2.05) is 13.8 Å². The van der Waals surface area contributed by atoms with E-state index in [0.717, 1.165) is 44.9 Å². The van der Waals surface area contributed by atoms with Crippen molar-refractivity contribution in [1.29, 1.82) is 0 Å². The largest absolute Gasteiger partial charge is 0.460 e. The molecule has 0 radical (unpaired) electrons. The van der Waals surface area contributed by atoms with Gasteiger partial charge >= 0.3 is 5.97 Å². The van der Waals surface area contributed by atoms with Crippen LogP contribution < -0.4 is 0 Å². The van der Waals surface area contributed by atoms with Crippen LogP contribution in [0, 0.1) is 17.8 Å². The molecule has 0 saturated carbocycles. The quantitative estimate of drug-likeness (QED) is 0.280. The van der Waals surface area contributed by atoms with Crippen molar-refractivity contribution < 1.29 is 34.3 Å². The fraction of sp³-hybridized carbons (Fsp3) is 0.794. The van der Waals surface area contributed by atoms with Crippen molar-refractivity contribution in [2.45, 2.75) is 154 Å². The minimum absolute atomic E-state index is 0.0322. The van der Waals surface area contributed by atoms with Gasteiger partial charge in [0.1, 0.15) is 12.2 Å². The summed E-state index contributed by atoms with van der Waals surface area (Å²) in [5.74, 6) is -0.213. The second-order valence-corrected chi connectivity index (χ2v) is 13.0. The molecule has 7 nitrogen and oxygen atoms in total. The molecule has 0 aromatic heterocycles. The Labute approximate surface area is 248 Å². The van der Waals surface area contributed by atoms with E-state index in [9.17, 15) is 20.1 Å². The highest BCUT2D eigenvalue weighted by Crippen LogP contribution is 2.37. The SMILES string of the molecule is C=C([C@@H](O)CC)[C@H](C)[C@@H](O)[C@@H]1CCC/C(C)=C/[C@H]2O[C@H](C[C@@H]2C)[C@@H]2O[C@H](CC/C=C/CC[C@@H](C)CC(=O)O1)C[C@H]2O. The summed E-state index contributed by atoms with van der Waals surface area (Å²) in [7, 11) is 0. The molecule has 7 heteroatoms. The maximum Gasteiger partial charge on any atom is 0.306 e. The summed E-state index contributed by atoms with van der Waals surface area (Å²) in [5.41, 5.74) is 1.75. The highest BCUT2D eigenvalue weighted by Gasteiger charge is 2.44. The van der Waals surface area contributed by atoms with Crippen LogP contribution in [0.5, 0.6) is 0 Å². The summed E-state index contributed by atoms with van der Waals surface area (Å²) in [4.78, 5) is 12.9. The summed E-state index contributed by atoms with van der Waals surface area (Å²) >= 11 is 0. The minimum Gasteiger partial charge on any atom is -0.460 e. The summed E-state index contributed by atoms with van der Waals surface area (Å²) in [5, 5.41) is 32.3. The van der Waals surface area contributed by atoms with Gasteiger partial charge in [0, 0.05) is 18.8 Å². The lowest BCUT2D eigenvalue weighted by atomic mass is 9.87. The molecule has 0 aliphatic carbocycles. The van der Waals surface area contributed by atoms with Crippen molar-refractivity contribution in [2.24, 2.45) is 17.8 Å². The molecule has 2 fully saturated rings. The number of esters is 1. The normalized spacial score (nSPS) is 38.8. The monoisotopic (exact) mass is 576 g/mol. The van der Waals surface area contributed by atoms with Gasteiger partial charge < -0.3 is 29.5 Å². The number of ether oxygens (including phenoxy) is 3. The van der Waals surface area contributed by atoms with E-state index in [4.69, 9.17) is 14.2 Å². The molecule has 0 unspecified atom stereocenters. The zero-order valence-electron chi connectivity index (χ0n) is 26.0. The van der Waals surface area contributed by atoms with Crippen molar-refractivity contribution in [3.63, 3.8) is 0 Å². The third-order valence-electron chi connectivity index (χ3n) is 9.34. The van der Waals surface area contributed by atoms with Crippen molar-refractivity contribution in [3.8, 4) is 0 Å². The first-order chi connectivity index (χ1) is 19.5. The van der Waals surface area contributed by atoms with Crippen molar-refractivity contribution >= 4 is 5.97 Å². The number of allylic oxidation sites excluding steroid dienone is 3. The third kappa shape index (κ3) is 10.0. The first-order valence-electron chi connectivity index (χ1n) is 16.1. The predicted octanol–water partition coefficient (Wildman–Crippen LogP) is 5.81. The van der Waals surface area contributed by atoms with Gasteiger partial charge in [0.25, 0.3) is 0 Å². The Hall–Kier alpha value is -1.51. The number of carbonyl (C=O) groups is 1. The van der Waals surface area contributed by atoms with E-state index in [0.29, 0.717) is 37.2 Å². The number of aliphatic hydroxyl groups excluding tert-OH is 3. The number of hydrogen-bond donors (Lipinski definition) is 3. The maximum atomic E-state index is 12.9. The highest BCUT2D eigenvalue weighted by atomic mass is 16.6. The smallest absolute Gasteiger partial charge is 0.306 e. The average molecular weight is 577 g/mol. The van der Waals surface area contributed by atoms with Gasteiger partial charge in [-0.3, -0.25) is 4.79 Å². The lowest BCUT2D eigenvalue weighted by molar-refractivity contribution is -0.158. The lowest BCUT2D eigenvalue weighted by Gasteiger charge is -2.30. The minimum atomic E-state index is -0.943. The summed E-state index contributed by atoms with van der Waals surface area (Å²) in [6.45, 7) is 14.1. The van der Waals surface area contributed by atoms with E-state index in [1.54, 1.807) is 0 Å². The van der Waals surface area contributed by atoms with Gasteiger partial charge in [-0.05, 0) is 82.1 Å². The molecule has 3 heterocycles. The summed E-state index contributed by atoms with van der Waals surface area (Å²) < 4.78 is 18.6. The van der Waals surface area contributed by atoms with Crippen molar-refractivity contribution in [1.82, 2.24) is 0 Å². The molecule has 3 aliphatic heterocycles. The first-order valence-corrected chi connectivity index (χ1v) is 16.1. The van der Waals surface area contributed by atoms with E-state index in [1.165, 1.54) is 5.57 Å². The molecule has 0 aromatic rings. The number of fused-ring (bicyclic) bond motifs is 5. The Morgan fingerprint density at radius 3 is 2.51 bits per heavy atom. The van der Waals surface area contributed by atoms with Gasteiger partial charge in [-0.15, -0.1) is 0 Å². The van der Waals surface area contributed by atoms with Crippen LogP contribution >= 0.6 is 0 Å². The Morgan fingerprint density at radius 2 is 1.80 bits per heavy atom. The molecular weight excluding hydrogens is 520 g/mol. The molecule has 234 valence electrons. The Morgan fingerprint density at radius 1 is 1.10 bits per heavy atom. The van der Waals surface area contributed by atoms with E-state index < -0.39 is 30.3 Å². The second kappa shape index (κ2) is 16.4. The van der Waals surface area contributed by atoms with Crippen LogP contribution in [-0.2, 0) is 19.0 Å². The van der Waals surface area contributed by atoms with Crippen LogP contribution in [0.3, 0.4) is 0 Å². The van der Waals surface area contributed by atoms with E-state index in [2.05, 4.69) is 45.6 Å². The summed E-state index contributed by atoms with van der Waals surface area (Å²) in [6, 6.07) is 0. The van der Waals surface area contributed by atoms with Gasteiger partial charge in [-0.2, -0.15) is 0 Å². The number of rotatable bonds is 5. The number of carbonyl (C=O) groups excluding carboxylic acids is 1. The van der Waals surface area contributed by atoms with Gasteiger partial charge in [-0.25, -0.2) is 0 Å². The number of cyclic esters (lactones) is 1. The zero-order valence-corrected chi connectivity index (χ0v) is 26.0. The van der Waals surface area contributed by atoms with Crippen molar-refractivity contribution in [3.05, 3.63) is 36.0 Å². The number of aliphatic hydroxyl groups is 3. The molecule has 11 atom stereocenters. The number of hydrogen-bond acceptors (Lipinski definition) is 7. The third-order valence-corrected chi connectivity index (χ3v) is 9.34. The molecular formula is C34H56O7. The molecule has 3 N–H and O–H groups in total. The first kappa shape index (κ1) is 34.0. The van der Waals surface area contributed by atoms with Crippen LogP contribution in [0.25, 0.3) is 0 Å². The standard InChI is InChI=1S/C34H56O7/c1-7-27(35)24(5)25(6)33(38)29-16-12-14-21(2)17-30-23(4)19-31(40-30)34-28(36)20-26(39-34)15-11-9-8-10-13-22(3)18-32(37)41-29/h8-9,17,22-23,25-31,33-36,38H,5,7,10-16,18-20H2,1-4,6H3/b9-8+,21-17+/t22-,23+,25+,26-,27+,28-,29+,30-,31-,33-,34-/m1/s1. The van der Waals surface area contributed by atoms with E-state index >= 15 is 0 Å². The topological polar surface area (TPSA) is 105 Å². The molecule has 0 amide bonds. The van der Waals surface area contributed by atoms with E-state index in [-0.39, 0.29) is 36.3 Å². The van der Waals surface area contributed by atoms with Crippen LogP contribution in [0.4, 0.5) is 0 Å². The molecule has 0 spiro atoms. The van der Waals surface area contributed by atoms with Crippen LogP contribution in [-0.4, -0.2) is 70.1 Å². The fourth-order valence-electron chi connectivity index (χ4n) is 6.45. The predicted molar refractivity (Wildman–Crippen MR) is 161 cm³/mol. The summed E-state index contributed by atoms with van der Waals surface area (Å²) in [6.07, 6.45) is 11.2. The molecule has 2 saturated heterocycles. The van der Waals surface area contributed by atoms with Gasteiger partial charge in [0.05, 0.1) is 36.6 Å². The Kier molecular flexibility index (Phi) is 13.6.